The number of hydrogen-bond acceptors (Lipinski definition) is 2. The first-order valence-corrected chi connectivity index (χ1v) is 8.81. The maximum absolute atomic E-state index is 13.8. The molecule has 2 aromatic rings. The van der Waals surface area contributed by atoms with E-state index in [4.69, 9.17) is 0 Å². The quantitative estimate of drug-likeness (QED) is 0.674. The van der Waals surface area contributed by atoms with E-state index < -0.39 is 29.6 Å². The van der Waals surface area contributed by atoms with Crippen LogP contribution in [0.25, 0.3) is 0 Å². The number of alkyl halides is 3. The predicted octanol–water partition coefficient (Wildman–Crippen LogP) is 5.19. The van der Waals surface area contributed by atoms with Crippen LogP contribution >= 0.6 is 15.9 Å². The molecule has 1 aliphatic rings. The van der Waals surface area contributed by atoms with Crippen molar-refractivity contribution in [3.63, 3.8) is 0 Å². The summed E-state index contributed by atoms with van der Waals surface area (Å²) in [6.07, 6.45) is -3.16. The molecule has 0 saturated heterocycles. The van der Waals surface area contributed by atoms with Crippen LogP contribution < -0.4 is 5.32 Å². The number of nitrogens with zero attached hydrogens (tertiary/aromatic N) is 2. The lowest BCUT2D eigenvalue weighted by molar-refractivity contribution is -0.142. The van der Waals surface area contributed by atoms with E-state index in [2.05, 4.69) is 26.3 Å². The van der Waals surface area contributed by atoms with Crippen molar-refractivity contribution < 1.29 is 22.4 Å². The SMILES string of the molecule is Cc1ccc(F)c(NC(=O)C(C)n2nc(C(F)(F)F)c(Br)c2C2CC2)c1. The van der Waals surface area contributed by atoms with Gasteiger partial charge in [0.15, 0.2) is 5.69 Å². The second kappa shape index (κ2) is 6.68. The van der Waals surface area contributed by atoms with Gasteiger partial charge < -0.3 is 5.32 Å². The number of aromatic nitrogens is 2. The second-order valence-corrected chi connectivity index (χ2v) is 7.21. The van der Waals surface area contributed by atoms with Gasteiger partial charge in [-0.05, 0) is 60.3 Å². The Bertz CT molecular complexity index is 858. The zero-order chi connectivity index (χ0) is 19.2. The highest BCUT2D eigenvalue weighted by Crippen LogP contribution is 2.47. The maximum atomic E-state index is 13.8. The van der Waals surface area contributed by atoms with E-state index in [0.717, 1.165) is 23.1 Å². The summed E-state index contributed by atoms with van der Waals surface area (Å²) in [6.45, 7) is 3.18. The molecule has 1 amide bonds. The predicted molar refractivity (Wildman–Crippen MR) is 91.4 cm³/mol. The van der Waals surface area contributed by atoms with Crippen LogP contribution in [0.1, 0.15) is 48.7 Å². The molecule has 0 spiro atoms. The normalized spacial score (nSPS) is 15.8. The number of nitrogens with one attached hydrogen (secondary N) is 1. The van der Waals surface area contributed by atoms with Gasteiger partial charge in [0.25, 0.3) is 0 Å². The molecule has 0 aliphatic heterocycles. The summed E-state index contributed by atoms with van der Waals surface area (Å²) in [5, 5.41) is 6.07. The number of anilines is 1. The van der Waals surface area contributed by atoms with Crippen molar-refractivity contribution in [3.8, 4) is 0 Å². The van der Waals surface area contributed by atoms with Crippen molar-refractivity contribution in [1.29, 1.82) is 0 Å². The van der Waals surface area contributed by atoms with Crippen LogP contribution in [0.4, 0.5) is 23.2 Å². The lowest BCUT2D eigenvalue weighted by Crippen LogP contribution is -2.26. The molecule has 1 fully saturated rings. The molecule has 0 bridgehead atoms. The molecule has 0 radical (unpaired) electrons. The molecule has 1 aromatic carbocycles. The molecule has 9 heteroatoms. The third-order valence-electron chi connectivity index (χ3n) is 4.25. The molecule has 4 nitrogen and oxygen atoms in total. The Labute approximate surface area is 155 Å². The Morgan fingerprint density at radius 1 is 1.38 bits per heavy atom. The smallest absolute Gasteiger partial charge is 0.322 e. The minimum absolute atomic E-state index is 0.0166. The molecular formula is C17H16BrF4N3O. The van der Waals surface area contributed by atoms with Crippen molar-refractivity contribution in [1.82, 2.24) is 9.78 Å². The average molecular weight is 434 g/mol. The van der Waals surface area contributed by atoms with Crippen LogP contribution in [-0.2, 0) is 11.0 Å². The molecule has 26 heavy (non-hydrogen) atoms. The third kappa shape index (κ3) is 3.62. The number of aryl methyl sites for hydroxylation is 1. The molecule has 1 atom stereocenters. The minimum Gasteiger partial charge on any atom is -0.322 e. The number of hydrogen-bond donors (Lipinski definition) is 1. The number of halogens is 5. The fourth-order valence-electron chi connectivity index (χ4n) is 2.71. The fraction of sp³-hybridized carbons (Fsp3) is 0.412. The Morgan fingerprint density at radius 2 is 2.04 bits per heavy atom. The number of carbonyl (C=O) groups is 1. The standard InChI is InChI=1S/C17H16BrF4N3O/c1-8-3-6-11(19)12(7-8)23-16(26)9(2)25-14(10-4-5-10)13(18)15(24-25)17(20,21)22/h3,6-7,9-10H,4-5H2,1-2H3,(H,23,26). The van der Waals surface area contributed by atoms with Crippen molar-refractivity contribution >= 4 is 27.5 Å². The maximum Gasteiger partial charge on any atom is 0.436 e. The highest BCUT2D eigenvalue weighted by molar-refractivity contribution is 9.10. The van der Waals surface area contributed by atoms with Crippen molar-refractivity contribution in [2.75, 3.05) is 5.32 Å². The van der Waals surface area contributed by atoms with E-state index in [9.17, 15) is 22.4 Å². The lowest BCUT2D eigenvalue weighted by atomic mass is 10.2. The van der Waals surface area contributed by atoms with Gasteiger partial charge >= 0.3 is 6.18 Å². The first kappa shape index (κ1) is 18.9. The Hall–Kier alpha value is -1.90. The van der Waals surface area contributed by atoms with Crippen LogP contribution in [0.3, 0.4) is 0 Å². The topological polar surface area (TPSA) is 46.9 Å². The van der Waals surface area contributed by atoms with Crippen LogP contribution in [0.15, 0.2) is 22.7 Å². The molecule has 1 heterocycles. The van der Waals surface area contributed by atoms with Gasteiger partial charge in [0.05, 0.1) is 15.9 Å². The zero-order valence-electron chi connectivity index (χ0n) is 14.0. The summed E-state index contributed by atoms with van der Waals surface area (Å²) in [5.41, 5.74) is 0.0248. The Morgan fingerprint density at radius 3 is 2.62 bits per heavy atom. The highest BCUT2D eigenvalue weighted by Gasteiger charge is 2.43. The van der Waals surface area contributed by atoms with E-state index >= 15 is 0 Å². The van der Waals surface area contributed by atoms with E-state index in [1.54, 1.807) is 13.0 Å². The number of benzene rings is 1. The van der Waals surface area contributed by atoms with E-state index in [0.29, 0.717) is 5.69 Å². The molecule has 1 N–H and O–H groups in total. The lowest BCUT2D eigenvalue weighted by Gasteiger charge is -2.16. The van der Waals surface area contributed by atoms with Crippen LogP contribution in [0.2, 0.25) is 0 Å². The van der Waals surface area contributed by atoms with Gasteiger partial charge in [-0.2, -0.15) is 18.3 Å². The van der Waals surface area contributed by atoms with Gasteiger partial charge in [-0.15, -0.1) is 0 Å². The third-order valence-corrected chi connectivity index (χ3v) is 5.03. The molecule has 1 unspecified atom stereocenters. The Balaban J connectivity index is 1.93. The van der Waals surface area contributed by atoms with E-state index in [1.807, 2.05) is 0 Å². The Kier molecular flexibility index (Phi) is 4.85. The van der Waals surface area contributed by atoms with Crippen LogP contribution in [0, 0.1) is 12.7 Å². The molecule has 140 valence electrons. The molecule has 1 aliphatic carbocycles. The van der Waals surface area contributed by atoms with Crippen molar-refractivity contribution in [2.45, 2.75) is 44.8 Å². The van der Waals surface area contributed by atoms with E-state index in [-0.39, 0.29) is 16.1 Å². The minimum atomic E-state index is -4.63. The summed E-state index contributed by atoms with van der Waals surface area (Å²) in [7, 11) is 0. The number of amides is 1. The first-order chi connectivity index (χ1) is 12.1. The van der Waals surface area contributed by atoms with Gasteiger partial charge in [-0.1, -0.05) is 6.07 Å². The second-order valence-electron chi connectivity index (χ2n) is 6.41. The summed E-state index contributed by atoms with van der Waals surface area (Å²) >= 11 is 2.99. The number of carbonyl (C=O) groups excluding carboxylic acids is 1. The molecule has 3 rings (SSSR count). The van der Waals surface area contributed by atoms with Crippen LogP contribution in [0.5, 0.6) is 0 Å². The highest BCUT2D eigenvalue weighted by atomic mass is 79.9. The van der Waals surface area contributed by atoms with Crippen molar-refractivity contribution in [2.24, 2.45) is 0 Å². The summed E-state index contributed by atoms with van der Waals surface area (Å²) in [5.74, 6) is -1.32. The zero-order valence-corrected chi connectivity index (χ0v) is 15.6. The van der Waals surface area contributed by atoms with Gasteiger partial charge in [0, 0.05) is 5.92 Å². The monoisotopic (exact) mass is 433 g/mol. The summed E-state index contributed by atoms with van der Waals surface area (Å²) in [6, 6.07) is 3.21. The largest absolute Gasteiger partial charge is 0.436 e. The van der Waals surface area contributed by atoms with Gasteiger partial charge in [-0.25, -0.2) is 4.39 Å². The average Bonchev–Trinajstić information content (AvgIpc) is 3.31. The van der Waals surface area contributed by atoms with Crippen molar-refractivity contribution in [3.05, 3.63) is 45.4 Å². The van der Waals surface area contributed by atoms with Crippen LogP contribution in [-0.4, -0.2) is 15.7 Å². The number of rotatable bonds is 4. The van der Waals surface area contributed by atoms with E-state index in [1.165, 1.54) is 19.1 Å². The van der Waals surface area contributed by atoms with Gasteiger partial charge in [-0.3, -0.25) is 9.48 Å². The van der Waals surface area contributed by atoms with Gasteiger partial charge in [0.1, 0.15) is 11.9 Å². The fourth-order valence-corrected chi connectivity index (χ4v) is 3.52. The molecule has 1 aromatic heterocycles. The summed E-state index contributed by atoms with van der Waals surface area (Å²) < 4.78 is 54.3. The summed E-state index contributed by atoms with van der Waals surface area (Å²) in [4.78, 5) is 12.5. The van der Waals surface area contributed by atoms with Gasteiger partial charge in [0.2, 0.25) is 5.91 Å². The first-order valence-electron chi connectivity index (χ1n) is 8.01. The molecule has 1 saturated carbocycles. The molecular weight excluding hydrogens is 418 g/mol.